The molecule has 4 rings (SSSR count). The highest BCUT2D eigenvalue weighted by molar-refractivity contribution is 7.09. The van der Waals surface area contributed by atoms with Crippen LogP contribution in [0.4, 0.5) is 5.82 Å². The molecule has 1 amide bonds. The van der Waals surface area contributed by atoms with Gasteiger partial charge in [-0.15, -0.1) is 11.3 Å². The summed E-state index contributed by atoms with van der Waals surface area (Å²) in [7, 11) is 0. The minimum atomic E-state index is -1.15. The van der Waals surface area contributed by atoms with Gasteiger partial charge in [-0.1, -0.05) is 13.8 Å². The Hall–Kier alpha value is -3.57. The van der Waals surface area contributed by atoms with Crippen molar-refractivity contribution in [3.05, 3.63) is 62.0 Å². The van der Waals surface area contributed by atoms with Crippen LogP contribution in [-0.4, -0.2) is 69.0 Å². The lowest BCUT2D eigenvalue weighted by molar-refractivity contribution is -0.131. The molecule has 4 heterocycles. The van der Waals surface area contributed by atoms with Crippen molar-refractivity contribution < 1.29 is 14.7 Å². The number of amides is 1. The highest BCUT2D eigenvalue weighted by Crippen LogP contribution is 2.22. The third-order valence-corrected chi connectivity index (χ3v) is 7.12. The largest absolute Gasteiger partial charge is 0.478 e. The summed E-state index contributed by atoms with van der Waals surface area (Å²) in [6, 6.07) is 3.77. The Labute approximate surface area is 212 Å². The summed E-state index contributed by atoms with van der Waals surface area (Å²) < 4.78 is 1.43. The molecule has 36 heavy (non-hydrogen) atoms. The summed E-state index contributed by atoms with van der Waals surface area (Å²) in [6.07, 6.45) is 5.46. The van der Waals surface area contributed by atoms with E-state index >= 15 is 0 Å². The van der Waals surface area contributed by atoms with Gasteiger partial charge < -0.3 is 20.6 Å². The summed E-state index contributed by atoms with van der Waals surface area (Å²) in [6.45, 7) is 6.02. The number of piperazine rings is 1. The van der Waals surface area contributed by atoms with Crippen molar-refractivity contribution in [2.45, 2.75) is 32.6 Å². The summed E-state index contributed by atoms with van der Waals surface area (Å²) in [5.41, 5.74) is 7.95. The predicted octanol–water partition coefficient (Wildman–Crippen LogP) is 1.76. The summed E-state index contributed by atoms with van der Waals surface area (Å²) in [4.78, 5) is 49.5. The zero-order chi connectivity index (χ0) is 25.8. The van der Waals surface area contributed by atoms with Crippen molar-refractivity contribution in [3.63, 3.8) is 0 Å². The van der Waals surface area contributed by atoms with E-state index in [1.807, 2.05) is 17.0 Å². The van der Waals surface area contributed by atoms with E-state index < -0.39 is 5.97 Å². The second-order valence-corrected chi connectivity index (χ2v) is 9.92. The van der Waals surface area contributed by atoms with Gasteiger partial charge in [-0.25, -0.2) is 14.8 Å². The van der Waals surface area contributed by atoms with Crippen molar-refractivity contribution in [1.82, 2.24) is 19.3 Å². The first-order chi connectivity index (χ1) is 17.3. The first-order valence-electron chi connectivity index (χ1n) is 11.9. The molecule has 10 nitrogen and oxygen atoms in total. The maximum atomic E-state index is 13.3. The van der Waals surface area contributed by atoms with Crippen LogP contribution in [0.25, 0.3) is 11.7 Å². The number of carboxylic acids is 1. The molecule has 3 aromatic heterocycles. The van der Waals surface area contributed by atoms with Gasteiger partial charge >= 0.3 is 5.97 Å². The smallest absolute Gasteiger partial charge is 0.328 e. The maximum absolute atomic E-state index is 13.3. The Morgan fingerprint density at radius 2 is 1.94 bits per heavy atom. The zero-order valence-corrected chi connectivity index (χ0v) is 21.2. The number of carboxylic acid groups (broad SMARTS) is 1. The first-order valence-corrected chi connectivity index (χ1v) is 12.8. The van der Waals surface area contributed by atoms with Crippen LogP contribution in [0.3, 0.4) is 0 Å². The highest BCUT2D eigenvalue weighted by Gasteiger charge is 2.24. The Bertz CT molecular complexity index is 1350. The second kappa shape index (κ2) is 11.0. The van der Waals surface area contributed by atoms with Crippen LogP contribution >= 0.6 is 11.3 Å². The number of aliphatic carboxylic acids is 1. The molecule has 0 aliphatic carbocycles. The van der Waals surface area contributed by atoms with Gasteiger partial charge in [0.05, 0.1) is 22.8 Å². The zero-order valence-electron chi connectivity index (χ0n) is 20.4. The van der Waals surface area contributed by atoms with Crippen molar-refractivity contribution in [2.24, 2.45) is 5.73 Å². The molecule has 1 fully saturated rings. The third-order valence-electron chi connectivity index (χ3n) is 6.20. The van der Waals surface area contributed by atoms with Crippen molar-refractivity contribution in [1.29, 1.82) is 0 Å². The quantitative estimate of drug-likeness (QED) is 0.438. The molecule has 0 aromatic carbocycles. The van der Waals surface area contributed by atoms with Gasteiger partial charge in [0.2, 0.25) is 5.91 Å². The van der Waals surface area contributed by atoms with Crippen molar-refractivity contribution in [3.8, 4) is 0 Å². The Balaban J connectivity index is 1.64. The molecule has 0 unspecified atom stereocenters. The molecule has 0 atom stereocenters. The second-order valence-electron chi connectivity index (χ2n) is 8.98. The van der Waals surface area contributed by atoms with E-state index in [0.29, 0.717) is 43.6 Å². The minimum Gasteiger partial charge on any atom is -0.478 e. The van der Waals surface area contributed by atoms with E-state index in [9.17, 15) is 14.4 Å². The molecular weight excluding hydrogens is 480 g/mol. The van der Waals surface area contributed by atoms with Gasteiger partial charge in [0.15, 0.2) is 0 Å². The fraction of sp³-hybridized carbons (Fsp3) is 0.400. The fourth-order valence-electron chi connectivity index (χ4n) is 4.13. The molecular formula is C25H30N6O4S. The molecule has 190 valence electrons. The van der Waals surface area contributed by atoms with Gasteiger partial charge in [-0.3, -0.25) is 14.0 Å². The Morgan fingerprint density at radius 3 is 2.58 bits per heavy atom. The maximum Gasteiger partial charge on any atom is 0.328 e. The lowest BCUT2D eigenvalue weighted by Crippen LogP contribution is -2.51. The van der Waals surface area contributed by atoms with Crippen LogP contribution in [0.1, 0.15) is 41.6 Å². The van der Waals surface area contributed by atoms with Gasteiger partial charge in [0, 0.05) is 50.3 Å². The monoisotopic (exact) mass is 510 g/mol. The van der Waals surface area contributed by atoms with Gasteiger partial charge in [0.1, 0.15) is 11.5 Å². The number of nitrogens with two attached hydrogens (primary N) is 1. The SMILES string of the molecule is CC(C)c1csc(CCc2ccn3c(=O)c(/C=C/C(=O)O)c(N4CCN(C(=O)CN)CC4)nc3c2)n1. The van der Waals surface area contributed by atoms with E-state index in [1.165, 1.54) is 10.5 Å². The molecule has 1 aliphatic rings. The molecule has 1 aliphatic heterocycles. The molecule has 0 spiro atoms. The van der Waals surface area contributed by atoms with E-state index in [0.717, 1.165) is 35.2 Å². The number of thiazole rings is 1. The number of carbonyl (C=O) groups excluding carboxylic acids is 1. The molecule has 1 saturated heterocycles. The number of aromatic nitrogens is 3. The molecule has 0 saturated carbocycles. The van der Waals surface area contributed by atoms with Crippen LogP contribution < -0.4 is 16.2 Å². The topological polar surface area (TPSA) is 134 Å². The number of fused-ring (bicyclic) bond motifs is 1. The number of hydrogen-bond donors (Lipinski definition) is 2. The van der Waals surface area contributed by atoms with Crippen LogP contribution in [0, 0.1) is 0 Å². The predicted molar refractivity (Wildman–Crippen MR) is 140 cm³/mol. The number of carbonyl (C=O) groups is 2. The van der Waals surface area contributed by atoms with Gasteiger partial charge in [0.25, 0.3) is 5.56 Å². The number of pyridine rings is 1. The summed E-state index contributed by atoms with van der Waals surface area (Å²) in [5, 5.41) is 12.3. The van der Waals surface area contributed by atoms with Crippen LogP contribution in [-0.2, 0) is 22.4 Å². The lowest BCUT2D eigenvalue weighted by Gasteiger charge is -2.35. The molecule has 0 bridgehead atoms. The third kappa shape index (κ3) is 5.63. The summed E-state index contributed by atoms with van der Waals surface area (Å²) in [5.74, 6) is -0.472. The number of nitrogens with zero attached hydrogens (tertiary/aromatic N) is 5. The average molecular weight is 511 g/mol. The van der Waals surface area contributed by atoms with Crippen LogP contribution in [0.5, 0.6) is 0 Å². The average Bonchev–Trinajstić information content (AvgIpc) is 3.36. The number of hydrogen-bond acceptors (Lipinski definition) is 8. The van der Waals surface area contributed by atoms with Gasteiger partial charge in [-0.05, 0) is 36.1 Å². The van der Waals surface area contributed by atoms with Gasteiger partial charge in [-0.2, -0.15) is 0 Å². The molecule has 0 radical (unpaired) electrons. The molecule has 11 heteroatoms. The number of aryl methyl sites for hydroxylation is 2. The Morgan fingerprint density at radius 1 is 1.19 bits per heavy atom. The Kier molecular flexibility index (Phi) is 7.80. The van der Waals surface area contributed by atoms with Crippen molar-refractivity contribution in [2.75, 3.05) is 37.6 Å². The normalized spacial score (nSPS) is 14.3. The fourth-order valence-corrected chi connectivity index (χ4v) is 5.09. The number of anilines is 1. The first kappa shape index (κ1) is 25.5. The highest BCUT2D eigenvalue weighted by atomic mass is 32.1. The van der Waals surface area contributed by atoms with Crippen molar-refractivity contribution >= 4 is 40.8 Å². The standard InChI is InChI=1S/C25H30N6O4S/c1-16(2)19-15-36-21(27-19)5-3-17-7-8-31-20(13-17)28-24(18(25(31)35)4-6-23(33)34)30-11-9-29(10-12-30)22(32)14-26/h4,6-8,13,15-16H,3,5,9-12,14,26H2,1-2H3,(H,33,34)/b6-4+. The van der Waals surface area contributed by atoms with E-state index in [4.69, 9.17) is 20.8 Å². The molecule has 3 N–H and O–H groups in total. The number of rotatable bonds is 8. The summed E-state index contributed by atoms with van der Waals surface area (Å²) >= 11 is 1.66. The van der Waals surface area contributed by atoms with E-state index in [-0.39, 0.29) is 23.6 Å². The van der Waals surface area contributed by atoms with E-state index in [1.54, 1.807) is 22.4 Å². The molecule has 3 aromatic rings. The van der Waals surface area contributed by atoms with E-state index in [2.05, 4.69) is 19.2 Å². The van der Waals surface area contributed by atoms with Crippen LogP contribution in [0.2, 0.25) is 0 Å². The minimum absolute atomic E-state index is 0.0509. The van der Waals surface area contributed by atoms with Crippen LogP contribution in [0.15, 0.2) is 34.6 Å². The lowest BCUT2D eigenvalue weighted by atomic mass is 10.1.